The van der Waals surface area contributed by atoms with Gasteiger partial charge in [0.05, 0.1) is 19.6 Å². The van der Waals surface area contributed by atoms with Crippen LogP contribution in [0.2, 0.25) is 0 Å². The molecule has 0 amide bonds. The lowest BCUT2D eigenvalue weighted by Gasteiger charge is -2.22. The number of likely N-dealkylation sites (N-methyl/N-ethyl adjacent to an activating group) is 1. The second-order valence-electron chi connectivity index (χ2n) is 5.17. The van der Waals surface area contributed by atoms with Crippen molar-refractivity contribution in [2.24, 2.45) is 5.73 Å². The molecule has 11 heteroatoms. The van der Waals surface area contributed by atoms with Crippen LogP contribution in [0.3, 0.4) is 0 Å². The molecule has 2 rings (SSSR count). The number of nitrogens with zero attached hydrogens (tertiary/aromatic N) is 5. The summed E-state index contributed by atoms with van der Waals surface area (Å²) in [5.74, 6) is 0.718. The third-order valence-electron chi connectivity index (χ3n) is 2.88. The van der Waals surface area contributed by atoms with Crippen LogP contribution in [-0.4, -0.2) is 65.8 Å². The zero-order valence-electron chi connectivity index (χ0n) is 13.3. The Labute approximate surface area is 131 Å². The number of amidine groups is 1. The molecule has 1 heterocycles. The number of hydrogen-bond donors (Lipinski definition) is 1. The summed E-state index contributed by atoms with van der Waals surface area (Å²) in [6.07, 6.45) is -0.146. The maximum Gasteiger partial charge on any atom is 0.673 e. The molecule has 23 heavy (non-hydrogen) atoms. The van der Waals surface area contributed by atoms with E-state index in [1.807, 2.05) is 66.6 Å². The van der Waals surface area contributed by atoms with E-state index in [0.29, 0.717) is 0 Å². The Kier molecular flexibility index (Phi) is 6.08. The summed E-state index contributed by atoms with van der Waals surface area (Å²) < 4.78 is 42.7. The predicted molar refractivity (Wildman–Crippen MR) is 81.7 cm³/mol. The van der Waals surface area contributed by atoms with Gasteiger partial charge in [0.1, 0.15) is 5.52 Å². The number of nitrogens with two attached hydrogens (primary N) is 1. The summed E-state index contributed by atoms with van der Waals surface area (Å²) in [7, 11) is 1.78. The normalized spacial score (nSPS) is 12.7. The van der Waals surface area contributed by atoms with Crippen LogP contribution in [0.4, 0.5) is 17.3 Å². The second-order valence-corrected chi connectivity index (χ2v) is 5.17. The smallest absolute Gasteiger partial charge is 0.418 e. The molecule has 0 saturated heterocycles. The third kappa shape index (κ3) is 5.51. The first-order chi connectivity index (χ1) is 10.5. The van der Waals surface area contributed by atoms with E-state index < -0.39 is 7.25 Å². The maximum absolute atomic E-state index is 9.75. The Balaban J connectivity index is 0.000000463. The zero-order valence-corrected chi connectivity index (χ0v) is 13.3. The lowest BCUT2D eigenvalue weighted by molar-refractivity contribution is -0.468. The van der Waals surface area contributed by atoms with Crippen molar-refractivity contribution < 1.29 is 21.8 Å². The van der Waals surface area contributed by atoms with Crippen molar-refractivity contribution in [2.75, 3.05) is 28.2 Å². The molecule has 2 aromatic rings. The molecule has 0 saturated carbocycles. The van der Waals surface area contributed by atoms with Gasteiger partial charge < -0.3 is 17.3 Å². The van der Waals surface area contributed by atoms with E-state index in [4.69, 9.17) is 5.73 Å². The van der Waals surface area contributed by atoms with Crippen molar-refractivity contribution >= 4 is 24.1 Å². The van der Waals surface area contributed by atoms with E-state index in [2.05, 4.69) is 10.3 Å². The van der Waals surface area contributed by atoms with Gasteiger partial charge in [-0.05, 0) is 26.2 Å². The minimum Gasteiger partial charge on any atom is -0.418 e. The summed E-state index contributed by atoms with van der Waals surface area (Å²) in [6, 6.07) is 7.86. The molecule has 0 aliphatic carbocycles. The van der Waals surface area contributed by atoms with Gasteiger partial charge in [0.15, 0.2) is 0 Å². The lowest BCUT2D eigenvalue weighted by Crippen LogP contribution is -2.42. The Bertz CT molecular complexity index is 671. The van der Waals surface area contributed by atoms with Crippen molar-refractivity contribution in [3.8, 4) is 0 Å². The molecule has 128 valence electrons. The number of rotatable bonds is 3. The topological polar surface area (TPSA) is 63.0 Å². The Hall–Kier alpha value is -2.17. The van der Waals surface area contributed by atoms with Gasteiger partial charge >= 0.3 is 7.25 Å². The van der Waals surface area contributed by atoms with Gasteiger partial charge in [-0.15, -0.1) is 5.10 Å². The zero-order chi connectivity index (χ0) is 17.8. The van der Waals surface area contributed by atoms with Gasteiger partial charge in [-0.1, -0.05) is 17.3 Å². The number of para-hydroxylation sites is 1. The quantitative estimate of drug-likeness (QED) is 0.303. The molecule has 1 unspecified atom stereocenters. The number of hydrogen-bond acceptors (Lipinski definition) is 3. The maximum atomic E-state index is 9.75. The van der Waals surface area contributed by atoms with Gasteiger partial charge in [-0.25, -0.2) is 4.68 Å². The van der Waals surface area contributed by atoms with Crippen molar-refractivity contribution in [1.29, 1.82) is 0 Å². The molecule has 0 bridgehead atoms. The van der Waals surface area contributed by atoms with E-state index in [1.54, 1.807) is 0 Å². The summed E-state index contributed by atoms with van der Waals surface area (Å²) in [5, 5.41) is 8.38. The lowest BCUT2D eigenvalue weighted by atomic mass is 10.3. The van der Waals surface area contributed by atoms with Gasteiger partial charge in [-0.2, -0.15) is 0 Å². The highest BCUT2D eigenvalue weighted by molar-refractivity contribution is 6.50. The highest BCUT2D eigenvalue weighted by Crippen LogP contribution is 2.16. The first-order valence-corrected chi connectivity index (χ1v) is 6.65. The van der Waals surface area contributed by atoms with Crippen LogP contribution < -0.4 is 5.73 Å². The minimum absolute atomic E-state index is 0.146. The number of aromatic nitrogens is 3. The molecule has 1 aromatic carbocycles. The summed E-state index contributed by atoms with van der Waals surface area (Å²) >= 11 is 0. The summed E-state index contributed by atoms with van der Waals surface area (Å²) in [4.78, 5) is 2.01. The predicted octanol–water partition coefficient (Wildman–Crippen LogP) is 1.42. The van der Waals surface area contributed by atoms with E-state index in [1.165, 1.54) is 0 Å². The minimum atomic E-state index is -6.00. The van der Waals surface area contributed by atoms with Crippen LogP contribution in [-0.2, 0) is 0 Å². The van der Waals surface area contributed by atoms with Crippen LogP contribution in [0.1, 0.15) is 6.17 Å². The van der Waals surface area contributed by atoms with Crippen molar-refractivity contribution in [2.45, 2.75) is 6.17 Å². The fraction of sp³-hybridized carbons (Fsp3) is 0.417. The Morgan fingerprint density at radius 3 is 2.22 bits per heavy atom. The Morgan fingerprint density at radius 1 is 1.22 bits per heavy atom. The van der Waals surface area contributed by atoms with Gasteiger partial charge in [-0.3, -0.25) is 15.2 Å². The molecule has 2 N–H and O–H groups in total. The molecule has 6 nitrogen and oxygen atoms in total. The molecule has 0 fully saturated rings. The van der Waals surface area contributed by atoms with Crippen molar-refractivity contribution in [1.82, 2.24) is 19.9 Å². The second kappa shape index (κ2) is 7.40. The average molecular weight is 334 g/mol. The number of benzene rings is 1. The molecular formula is C12H19BF4N6. The number of halogens is 4. The Morgan fingerprint density at radius 2 is 1.74 bits per heavy atom. The summed E-state index contributed by atoms with van der Waals surface area (Å²) in [5.41, 5.74) is 8.00. The van der Waals surface area contributed by atoms with E-state index >= 15 is 0 Å². The standard InChI is InChI=1S/C12H18N6.BF4/c1-16(2)11(13)12(17(3)4)18-10-8-6-5-7-9(10)14-15-18;2-1(3,4)5/h5-8,12-13H,1-4H3;/q;-1/p+1. The number of fused-ring (bicyclic) bond motifs is 1. The van der Waals surface area contributed by atoms with Crippen LogP contribution in [0.5, 0.6) is 0 Å². The third-order valence-corrected chi connectivity index (χ3v) is 2.88. The van der Waals surface area contributed by atoms with Crippen LogP contribution in [0.15, 0.2) is 24.3 Å². The SMILES string of the molecule is CN(C)C(C(N)=[N+](C)C)n1nnc2ccccc21.F[B-](F)(F)F. The fourth-order valence-electron chi connectivity index (χ4n) is 1.91. The van der Waals surface area contributed by atoms with Crippen LogP contribution in [0.25, 0.3) is 11.0 Å². The van der Waals surface area contributed by atoms with Crippen molar-refractivity contribution in [3.05, 3.63) is 24.3 Å². The van der Waals surface area contributed by atoms with Crippen molar-refractivity contribution in [3.63, 3.8) is 0 Å². The van der Waals surface area contributed by atoms with Gasteiger partial charge in [0.2, 0.25) is 6.17 Å². The molecule has 0 aliphatic heterocycles. The molecular weight excluding hydrogens is 315 g/mol. The first-order valence-electron chi connectivity index (χ1n) is 6.65. The van der Waals surface area contributed by atoms with E-state index in [0.717, 1.165) is 16.9 Å². The molecule has 0 spiro atoms. The van der Waals surface area contributed by atoms with Crippen LogP contribution >= 0.6 is 0 Å². The van der Waals surface area contributed by atoms with E-state index in [-0.39, 0.29) is 6.17 Å². The van der Waals surface area contributed by atoms with Crippen LogP contribution in [0, 0.1) is 0 Å². The van der Waals surface area contributed by atoms with Gasteiger partial charge in [0, 0.05) is 0 Å². The fourth-order valence-corrected chi connectivity index (χ4v) is 1.91. The molecule has 1 atom stereocenters. The molecule has 1 aromatic heterocycles. The van der Waals surface area contributed by atoms with Gasteiger partial charge in [0.25, 0.3) is 5.84 Å². The van der Waals surface area contributed by atoms with E-state index in [9.17, 15) is 17.3 Å². The highest BCUT2D eigenvalue weighted by Gasteiger charge is 2.26. The summed E-state index contributed by atoms with van der Waals surface area (Å²) in [6.45, 7) is 0. The largest absolute Gasteiger partial charge is 0.673 e. The average Bonchev–Trinajstić information content (AvgIpc) is 2.80. The molecule has 0 aliphatic rings. The molecule has 0 radical (unpaired) electrons. The highest BCUT2D eigenvalue weighted by atomic mass is 19.5. The monoisotopic (exact) mass is 334 g/mol. The first kappa shape index (κ1) is 18.9.